The topological polar surface area (TPSA) is 26.3 Å². The molecule has 0 saturated heterocycles. The Labute approximate surface area is 124 Å². The molecule has 2 nitrogen and oxygen atoms in total. The van der Waals surface area contributed by atoms with Crippen molar-refractivity contribution >= 4 is 17.4 Å². The van der Waals surface area contributed by atoms with E-state index in [0.717, 1.165) is 22.6 Å². The van der Waals surface area contributed by atoms with Gasteiger partial charge in [-0.05, 0) is 49.2 Å². The molecule has 2 aromatic rings. The van der Waals surface area contributed by atoms with Crippen LogP contribution >= 0.6 is 11.6 Å². The van der Waals surface area contributed by atoms with E-state index < -0.39 is 0 Å². The van der Waals surface area contributed by atoms with Crippen molar-refractivity contribution in [1.82, 2.24) is 0 Å². The smallest absolute Gasteiger partial charge is 0.163 e. The molecule has 0 bridgehead atoms. The third kappa shape index (κ3) is 3.84. The van der Waals surface area contributed by atoms with Gasteiger partial charge in [0.25, 0.3) is 0 Å². The van der Waals surface area contributed by atoms with Crippen molar-refractivity contribution in [3.8, 4) is 11.5 Å². The van der Waals surface area contributed by atoms with E-state index in [1.807, 2.05) is 55.5 Å². The molecule has 0 spiro atoms. The van der Waals surface area contributed by atoms with Crippen LogP contribution in [0.1, 0.15) is 28.8 Å². The molecule has 0 radical (unpaired) electrons. The molecule has 0 amide bonds. The van der Waals surface area contributed by atoms with Crippen molar-refractivity contribution in [2.24, 2.45) is 0 Å². The second kappa shape index (κ2) is 7.11. The number of hydrogen-bond donors (Lipinski definition) is 0. The van der Waals surface area contributed by atoms with Gasteiger partial charge in [0.05, 0.1) is 0 Å². The Bertz CT molecular complexity index is 579. The highest BCUT2D eigenvalue weighted by molar-refractivity contribution is 6.18. The number of Topliss-reactive ketones (excluding diaryl/α,β-unsaturated/α-hetero) is 1. The summed E-state index contributed by atoms with van der Waals surface area (Å²) in [7, 11) is 0. The number of carbonyl (C=O) groups is 1. The predicted molar refractivity (Wildman–Crippen MR) is 82.0 cm³/mol. The number of benzene rings is 2. The Hall–Kier alpha value is -1.80. The van der Waals surface area contributed by atoms with Crippen LogP contribution in [0.3, 0.4) is 0 Å². The van der Waals surface area contributed by atoms with E-state index >= 15 is 0 Å². The second-order valence-electron chi connectivity index (χ2n) is 4.61. The third-order valence-corrected chi connectivity index (χ3v) is 3.28. The molecule has 2 rings (SSSR count). The van der Waals surface area contributed by atoms with Crippen molar-refractivity contribution < 1.29 is 9.53 Å². The van der Waals surface area contributed by atoms with Crippen molar-refractivity contribution in [3.63, 3.8) is 0 Å². The summed E-state index contributed by atoms with van der Waals surface area (Å²) in [6, 6.07) is 15.1. The van der Waals surface area contributed by atoms with Gasteiger partial charge < -0.3 is 4.74 Å². The monoisotopic (exact) mass is 288 g/mol. The first-order valence-electron chi connectivity index (χ1n) is 6.63. The zero-order valence-electron chi connectivity index (χ0n) is 11.4. The lowest BCUT2D eigenvalue weighted by molar-refractivity contribution is 0.0981. The molecule has 0 aliphatic carbocycles. The Morgan fingerprint density at radius 3 is 2.50 bits per heavy atom. The van der Waals surface area contributed by atoms with Gasteiger partial charge in [-0.1, -0.05) is 18.2 Å². The lowest BCUT2D eigenvalue weighted by Crippen LogP contribution is -2.02. The second-order valence-corrected chi connectivity index (χ2v) is 4.99. The normalized spacial score (nSPS) is 10.3. The van der Waals surface area contributed by atoms with Crippen LogP contribution in [0.2, 0.25) is 0 Å². The maximum absolute atomic E-state index is 12.0. The third-order valence-electron chi connectivity index (χ3n) is 3.01. The number of ketones is 1. The van der Waals surface area contributed by atoms with Gasteiger partial charge in [0.1, 0.15) is 11.5 Å². The number of aryl methyl sites for hydroxylation is 1. The molecule has 0 N–H and O–H groups in total. The minimum atomic E-state index is 0.134. The van der Waals surface area contributed by atoms with Crippen LogP contribution in [0, 0.1) is 6.92 Å². The number of para-hydroxylation sites is 1. The maximum Gasteiger partial charge on any atom is 0.163 e. The fourth-order valence-corrected chi connectivity index (χ4v) is 2.13. The molecule has 0 aliphatic heterocycles. The Morgan fingerprint density at radius 1 is 1.10 bits per heavy atom. The molecule has 0 aliphatic rings. The maximum atomic E-state index is 12.0. The predicted octanol–water partition coefficient (Wildman–Crippen LogP) is 4.99. The molecule has 0 saturated carbocycles. The average Bonchev–Trinajstić information content (AvgIpc) is 2.46. The van der Waals surface area contributed by atoms with Gasteiger partial charge in [-0.15, -0.1) is 11.6 Å². The highest BCUT2D eigenvalue weighted by Crippen LogP contribution is 2.24. The van der Waals surface area contributed by atoms with Crippen LogP contribution in [-0.2, 0) is 0 Å². The number of alkyl halides is 1. The van der Waals surface area contributed by atoms with Gasteiger partial charge in [0, 0.05) is 17.9 Å². The molecular weight excluding hydrogens is 272 g/mol. The lowest BCUT2D eigenvalue weighted by atomic mass is 10.0. The minimum absolute atomic E-state index is 0.134. The number of ether oxygens (including phenoxy) is 1. The van der Waals surface area contributed by atoms with Gasteiger partial charge in [0.2, 0.25) is 0 Å². The van der Waals surface area contributed by atoms with E-state index in [-0.39, 0.29) is 5.78 Å². The summed E-state index contributed by atoms with van der Waals surface area (Å²) >= 11 is 5.62. The van der Waals surface area contributed by atoms with Crippen molar-refractivity contribution in [2.75, 3.05) is 5.88 Å². The summed E-state index contributed by atoms with van der Waals surface area (Å²) in [5.74, 6) is 2.17. The van der Waals surface area contributed by atoms with Crippen LogP contribution in [0.4, 0.5) is 0 Å². The van der Waals surface area contributed by atoms with Crippen LogP contribution in [0.5, 0.6) is 11.5 Å². The molecule has 3 heteroatoms. The van der Waals surface area contributed by atoms with Gasteiger partial charge >= 0.3 is 0 Å². The Kier molecular flexibility index (Phi) is 5.19. The molecule has 0 heterocycles. The highest BCUT2D eigenvalue weighted by Gasteiger charge is 2.09. The zero-order chi connectivity index (χ0) is 14.4. The summed E-state index contributed by atoms with van der Waals surface area (Å²) in [4.78, 5) is 12.0. The molecule has 20 heavy (non-hydrogen) atoms. The van der Waals surface area contributed by atoms with E-state index in [1.165, 1.54) is 0 Å². The minimum Gasteiger partial charge on any atom is -0.457 e. The summed E-state index contributed by atoms with van der Waals surface area (Å²) in [5.41, 5.74) is 1.67. The van der Waals surface area contributed by atoms with Crippen LogP contribution in [0.25, 0.3) is 0 Å². The van der Waals surface area contributed by atoms with E-state index in [2.05, 4.69) is 0 Å². The fraction of sp³-hybridized carbons (Fsp3) is 0.235. The first-order chi connectivity index (χ1) is 9.70. The van der Waals surface area contributed by atoms with E-state index in [9.17, 15) is 4.79 Å². The number of carbonyl (C=O) groups excluding carboxylic acids is 1. The van der Waals surface area contributed by atoms with Gasteiger partial charge in [-0.2, -0.15) is 0 Å². The lowest BCUT2D eigenvalue weighted by Gasteiger charge is -2.09. The number of halogens is 1. The van der Waals surface area contributed by atoms with Gasteiger partial charge in [-0.25, -0.2) is 0 Å². The van der Waals surface area contributed by atoms with E-state index in [0.29, 0.717) is 18.7 Å². The average molecular weight is 289 g/mol. The van der Waals surface area contributed by atoms with Crippen LogP contribution in [0.15, 0.2) is 48.5 Å². The first-order valence-corrected chi connectivity index (χ1v) is 7.17. The van der Waals surface area contributed by atoms with Gasteiger partial charge in [0.15, 0.2) is 5.78 Å². The fourth-order valence-electron chi connectivity index (χ4n) is 2.00. The molecule has 0 atom stereocenters. The van der Waals surface area contributed by atoms with E-state index in [1.54, 1.807) is 0 Å². The molecule has 0 fully saturated rings. The molecule has 2 aromatic carbocycles. The summed E-state index contributed by atoms with van der Waals surface area (Å²) in [6.45, 7) is 1.92. The molecular formula is C17H17ClO2. The van der Waals surface area contributed by atoms with Crippen molar-refractivity contribution in [3.05, 3.63) is 59.7 Å². The summed E-state index contributed by atoms with van der Waals surface area (Å²) in [5, 5.41) is 0. The van der Waals surface area contributed by atoms with Crippen molar-refractivity contribution in [1.29, 1.82) is 0 Å². The van der Waals surface area contributed by atoms with E-state index in [4.69, 9.17) is 16.3 Å². The number of rotatable bonds is 6. The summed E-state index contributed by atoms with van der Waals surface area (Å²) < 4.78 is 5.74. The molecule has 0 aromatic heterocycles. The Balaban J connectivity index is 2.11. The SMILES string of the molecule is Cc1cc(Oc2ccccc2)ccc1C(=O)CCCCl. The summed E-state index contributed by atoms with van der Waals surface area (Å²) in [6.07, 6.45) is 1.20. The number of hydrogen-bond acceptors (Lipinski definition) is 2. The molecule has 0 unspecified atom stereocenters. The van der Waals surface area contributed by atoms with Gasteiger partial charge in [-0.3, -0.25) is 4.79 Å². The van der Waals surface area contributed by atoms with Crippen molar-refractivity contribution in [2.45, 2.75) is 19.8 Å². The highest BCUT2D eigenvalue weighted by atomic mass is 35.5. The quantitative estimate of drug-likeness (QED) is 0.553. The molecule has 104 valence electrons. The Morgan fingerprint density at radius 2 is 1.85 bits per heavy atom. The standard InChI is InChI=1S/C17H17ClO2/c1-13-12-15(20-14-6-3-2-4-7-14)9-10-16(13)17(19)8-5-11-18/h2-4,6-7,9-10,12H,5,8,11H2,1H3. The largest absolute Gasteiger partial charge is 0.457 e. The van der Waals surface area contributed by atoms with Crippen LogP contribution < -0.4 is 4.74 Å². The van der Waals surface area contributed by atoms with Crippen LogP contribution in [-0.4, -0.2) is 11.7 Å². The first kappa shape index (κ1) is 14.6. The zero-order valence-corrected chi connectivity index (χ0v) is 12.2.